The molecule has 0 saturated carbocycles. The van der Waals surface area contributed by atoms with Crippen LogP contribution in [0.3, 0.4) is 0 Å². The van der Waals surface area contributed by atoms with Crippen LogP contribution < -0.4 is 5.32 Å². The molecule has 0 unspecified atom stereocenters. The molecule has 0 bridgehead atoms. The van der Waals surface area contributed by atoms with Crippen molar-refractivity contribution >= 4 is 28.3 Å². The number of amides is 1. The van der Waals surface area contributed by atoms with Crippen LogP contribution in [-0.4, -0.2) is 30.4 Å². The van der Waals surface area contributed by atoms with Crippen molar-refractivity contribution in [2.45, 2.75) is 20.0 Å². The zero-order valence-corrected chi connectivity index (χ0v) is 18.0. The average molecular weight is 447 g/mol. The minimum Gasteiger partial charge on any atom is -0.348 e. The maximum Gasteiger partial charge on any atom is 0.240 e. The fourth-order valence-corrected chi connectivity index (χ4v) is 4.35. The van der Waals surface area contributed by atoms with E-state index < -0.39 is 0 Å². The zero-order chi connectivity index (χ0) is 22.1. The molecule has 0 aliphatic rings. The Morgan fingerprint density at radius 3 is 2.81 bits per heavy atom. The fourth-order valence-electron chi connectivity index (χ4n) is 3.64. The van der Waals surface area contributed by atoms with Gasteiger partial charge < -0.3 is 14.9 Å². The Bertz CT molecular complexity index is 1400. The lowest BCUT2D eigenvalue weighted by molar-refractivity contribution is -0.121. The van der Waals surface area contributed by atoms with E-state index in [0.717, 1.165) is 38.6 Å². The van der Waals surface area contributed by atoms with Crippen molar-refractivity contribution in [3.05, 3.63) is 77.0 Å². The number of fused-ring (bicyclic) bond motifs is 1. The van der Waals surface area contributed by atoms with E-state index in [-0.39, 0.29) is 18.3 Å². The van der Waals surface area contributed by atoms with Crippen molar-refractivity contribution in [1.29, 1.82) is 0 Å². The summed E-state index contributed by atoms with van der Waals surface area (Å²) in [5, 5.41) is 6.65. The molecule has 0 spiro atoms. The molecule has 32 heavy (non-hydrogen) atoms. The summed E-state index contributed by atoms with van der Waals surface area (Å²) < 4.78 is 15.3. The Hall–Kier alpha value is -3.85. The Kier molecular flexibility index (Phi) is 5.24. The van der Waals surface area contributed by atoms with Crippen molar-refractivity contribution in [3.8, 4) is 22.5 Å². The molecule has 4 aromatic heterocycles. The maximum atomic E-state index is 13.5. The van der Waals surface area contributed by atoms with Gasteiger partial charge in [-0.3, -0.25) is 4.79 Å². The van der Waals surface area contributed by atoms with Gasteiger partial charge in [-0.1, -0.05) is 0 Å². The van der Waals surface area contributed by atoms with Gasteiger partial charge in [0.05, 0.1) is 24.3 Å². The highest BCUT2D eigenvalue weighted by atomic mass is 32.1. The molecule has 9 heteroatoms. The van der Waals surface area contributed by atoms with E-state index in [0.29, 0.717) is 12.2 Å². The molecule has 0 atom stereocenters. The Balaban J connectivity index is 1.52. The minimum atomic E-state index is -0.316. The highest BCUT2D eigenvalue weighted by Gasteiger charge is 2.19. The molecule has 0 aliphatic carbocycles. The predicted molar refractivity (Wildman–Crippen MR) is 121 cm³/mol. The van der Waals surface area contributed by atoms with Gasteiger partial charge in [-0.05, 0) is 43.3 Å². The maximum absolute atomic E-state index is 13.5. The summed E-state index contributed by atoms with van der Waals surface area (Å²) >= 11 is 1.52. The number of pyridine rings is 1. The summed E-state index contributed by atoms with van der Waals surface area (Å²) in [5.74, 6) is -0.468. The third-order valence-electron chi connectivity index (χ3n) is 5.09. The van der Waals surface area contributed by atoms with Gasteiger partial charge >= 0.3 is 0 Å². The standard InChI is InChI=1S/C23H19FN6OS/c1-14-12-32-20(29-14)10-27-19(31)11-30-13-28-21(15-2-4-16(24)5-3-15)22(30)17-6-8-25-23-18(17)7-9-26-23/h2-9,12-13H,10-11H2,1H3,(H,25,26)(H,27,31). The number of hydrogen-bond acceptors (Lipinski definition) is 5. The number of benzene rings is 1. The first kappa shape index (κ1) is 20.1. The van der Waals surface area contributed by atoms with Crippen LogP contribution in [0.5, 0.6) is 0 Å². The number of thiazole rings is 1. The first-order chi connectivity index (χ1) is 15.6. The number of imidazole rings is 1. The minimum absolute atomic E-state index is 0.0854. The second-order valence-electron chi connectivity index (χ2n) is 7.33. The number of rotatable bonds is 6. The number of carbonyl (C=O) groups excluding carboxylic acids is 1. The van der Waals surface area contributed by atoms with E-state index in [9.17, 15) is 9.18 Å². The number of nitrogens with one attached hydrogen (secondary N) is 2. The van der Waals surface area contributed by atoms with Crippen LogP contribution in [0.2, 0.25) is 0 Å². The van der Waals surface area contributed by atoms with Crippen LogP contribution in [0.1, 0.15) is 10.7 Å². The largest absolute Gasteiger partial charge is 0.348 e. The summed E-state index contributed by atoms with van der Waals surface area (Å²) in [6.45, 7) is 2.39. The predicted octanol–water partition coefficient (Wildman–Crippen LogP) is 4.31. The average Bonchev–Trinajstić information content (AvgIpc) is 3.52. The highest BCUT2D eigenvalue weighted by molar-refractivity contribution is 7.09. The van der Waals surface area contributed by atoms with E-state index in [1.807, 2.05) is 35.2 Å². The van der Waals surface area contributed by atoms with Crippen molar-refractivity contribution in [2.75, 3.05) is 0 Å². The van der Waals surface area contributed by atoms with Crippen molar-refractivity contribution in [1.82, 2.24) is 29.8 Å². The SMILES string of the molecule is Cc1csc(CNC(=O)Cn2cnc(-c3ccc(F)cc3)c2-c2ccnc3[nH]ccc23)n1. The number of aryl methyl sites for hydroxylation is 1. The quantitative estimate of drug-likeness (QED) is 0.407. The molecule has 5 rings (SSSR count). The van der Waals surface area contributed by atoms with Gasteiger partial charge in [0.15, 0.2) is 0 Å². The molecule has 0 saturated heterocycles. The molecule has 4 heterocycles. The van der Waals surface area contributed by atoms with E-state index in [1.165, 1.54) is 23.5 Å². The zero-order valence-electron chi connectivity index (χ0n) is 17.2. The molecular weight excluding hydrogens is 427 g/mol. The normalized spacial score (nSPS) is 11.2. The second kappa shape index (κ2) is 8.35. The lowest BCUT2D eigenvalue weighted by Gasteiger charge is -2.12. The molecule has 160 valence electrons. The number of aromatic amines is 1. The Morgan fingerprint density at radius 1 is 1.19 bits per heavy atom. The van der Waals surface area contributed by atoms with Crippen molar-refractivity contribution < 1.29 is 9.18 Å². The number of aromatic nitrogens is 5. The molecule has 0 radical (unpaired) electrons. The summed E-state index contributed by atoms with van der Waals surface area (Å²) in [4.78, 5) is 29.2. The third-order valence-corrected chi connectivity index (χ3v) is 6.05. The lowest BCUT2D eigenvalue weighted by Crippen LogP contribution is -2.27. The van der Waals surface area contributed by atoms with Gasteiger partial charge in [0.25, 0.3) is 0 Å². The fraction of sp³-hybridized carbons (Fsp3) is 0.130. The van der Waals surface area contributed by atoms with E-state index in [1.54, 1.807) is 24.7 Å². The summed E-state index contributed by atoms with van der Waals surface area (Å²) in [5.41, 5.74) is 4.76. The van der Waals surface area contributed by atoms with Crippen molar-refractivity contribution in [3.63, 3.8) is 0 Å². The van der Waals surface area contributed by atoms with Gasteiger partial charge in [-0.25, -0.2) is 19.3 Å². The van der Waals surface area contributed by atoms with Gasteiger partial charge in [0, 0.05) is 40.0 Å². The lowest BCUT2D eigenvalue weighted by atomic mass is 10.0. The van der Waals surface area contributed by atoms with Crippen LogP contribution in [0.15, 0.2) is 60.5 Å². The first-order valence-electron chi connectivity index (χ1n) is 10.00. The smallest absolute Gasteiger partial charge is 0.240 e. The highest BCUT2D eigenvalue weighted by Crippen LogP contribution is 2.35. The molecule has 0 fully saturated rings. The summed E-state index contributed by atoms with van der Waals surface area (Å²) in [6, 6.07) is 10.0. The number of halogens is 1. The van der Waals surface area contributed by atoms with E-state index in [4.69, 9.17) is 0 Å². The third kappa shape index (κ3) is 3.90. The van der Waals surface area contributed by atoms with Crippen LogP contribution >= 0.6 is 11.3 Å². The number of hydrogen-bond donors (Lipinski definition) is 2. The first-order valence-corrected chi connectivity index (χ1v) is 10.9. The van der Waals surface area contributed by atoms with E-state index in [2.05, 4.69) is 25.3 Å². The van der Waals surface area contributed by atoms with Gasteiger partial charge in [-0.15, -0.1) is 11.3 Å². The summed E-state index contributed by atoms with van der Waals surface area (Å²) in [6.07, 6.45) is 5.17. The van der Waals surface area contributed by atoms with Crippen molar-refractivity contribution in [2.24, 2.45) is 0 Å². The van der Waals surface area contributed by atoms with Crippen LogP contribution in [0.4, 0.5) is 4.39 Å². The van der Waals surface area contributed by atoms with Gasteiger partial charge in [0.2, 0.25) is 5.91 Å². The summed E-state index contributed by atoms with van der Waals surface area (Å²) in [7, 11) is 0. The topological polar surface area (TPSA) is 88.5 Å². The van der Waals surface area contributed by atoms with Crippen LogP contribution in [-0.2, 0) is 17.9 Å². The van der Waals surface area contributed by atoms with Crippen LogP contribution in [0.25, 0.3) is 33.5 Å². The molecule has 1 amide bonds. The molecule has 1 aromatic carbocycles. The molecular formula is C23H19FN6OS. The second-order valence-corrected chi connectivity index (χ2v) is 8.28. The molecule has 0 aliphatic heterocycles. The number of H-pyrrole nitrogens is 1. The van der Waals surface area contributed by atoms with Gasteiger partial charge in [-0.2, -0.15) is 0 Å². The van der Waals surface area contributed by atoms with Crippen LogP contribution in [0, 0.1) is 12.7 Å². The molecule has 7 nitrogen and oxygen atoms in total. The monoisotopic (exact) mass is 446 g/mol. The molecule has 2 N–H and O–H groups in total. The Morgan fingerprint density at radius 2 is 2.03 bits per heavy atom. The molecule has 5 aromatic rings. The van der Waals surface area contributed by atoms with Gasteiger partial charge in [0.1, 0.15) is 23.0 Å². The Labute approximate surface area is 187 Å². The number of carbonyl (C=O) groups is 1. The number of nitrogens with zero attached hydrogens (tertiary/aromatic N) is 4. The van der Waals surface area contributed by atoms with E-state index >= 15 is 0 Å².